The molecule has 0 fully saturated rings. The van der Waals surface area contributed by atoms with Crippen LogP contribution in [0, 0.1) is 5.92 Å². The maximum Gasteiger partial charge on any atom is 0.310 e. The van der Waals surface area contributed by atoms with Crippen molar-refractivity contribution in [2.45, 2.75) is 6.42 Å². The number of carboxylic acid groups (broad SMARTS) is 1. The van der Waals surface area contributed by atoms with Gasteiger partial charge in [0.25, 0.3) is 0 Å². The Morgan fingerprint density at radius 3 is 3.07 bits per heavy atom. The number of benzene rings is 1. The van der Waals surface area contributed by atoms with E-state index in [1.807, 2.05) is 18.2 Å². The van der Waals surface area contributed by atoms with E-state index in [1.165, 1.54) is 0 Å². The minimum absolute atomic E-state index is 0.263. The van der Waals surface area contributed by atoms with Gasteiger partial charge in [0.15, 0.2) is 0 Å². The van der Waals surface area contributed by atoms with Gasteiger partial charge in [-0.2, -0.15) is 0 Å². The predicted octanol–water partition coefficient (Wildman–Crippen LogP) is 2.08. The molecule has 0 radical (unpaired) electrons. The lowest BCUT2D eigenvalue weighted by Gasteiger charge is -2.22. The minimum atomic E-state index is -0.793. The standard InChI is InChI=1S/C10H9BrO3/c11-8-2-1-6-3-7(10(12)13)5-14-9(6)4-8/h1-2,4,7H,3,5H2,(H,12,13)/t7-/m1/s1. The number of ether oxygens (including phenoxy) is 1. The van der Waals surface area contributed by atoms with Gasteiger partial charge in [-0.25, -0.2) is 0 Å². The molecule has 0 saturated heterocycles. The molecule has 1 heterocycles. The molecule has 1 N–H and O–H groups in total. The van der Waals surface area contributed by atoms with Crippen molar-refractivity contribution in [3.63, 3.8) is 0 Å². The fourth-order valence-corrected chi connectivity index (χ4v) is 1.84. The van der Waals surface area contributed by atoms with Crippen LogP contribution in [-0.4, -0.2) is 17.7 Å². The Labute approximate surface area is 89.8 Å². The number of hydrogen-bond donors (Lipinski definition) is 1. The smallest absolute Gasteiger partial charge is 0.310 e. The lowest BCUT2D eigenvalue weighted by molar-refractivity contribution is -0.143. The van der Waals surface area contributed by atoms with Crippen LogP contribution in [0.4, 0.5) is 0 Å². The Kier molecular flexibility index (Phi) is 2.46. The van der Waals surface area contributed by atoms with Crippen LogP contribution in [0.15, 0.2) is 22.7 Å². The number of carbonyl (C=O) groups is 1. The molecule has 0 unspecified atom stereocenters. The van der Waals surface area contributed by atoms with E-state index in [0.717, 1.165) is 15.8 Å². The number of rotatable bonds is 1. The summed E-state index contributed by atoms with van der Waals surface area (Å²) in [6.45, 7) is 0.263. The summed E-state index contributed by atoms with van der Waals surface area (Å²) in [5.74, 6) is -0.417. The van der Waals surface area contributed by atoms with Crippen LogP contribution in [0.1, 0.15) is 5.56 Å². The zero-order valence-electron chi connectivity index (χ0n) is 7.37. The molecule has 1 aromatic rings. The quantitative estimate of drug-likeness (QED) is 0.837. The van der Waals surface area contributed by atoms with Gasteiger partial charge in [-0.1, -0.05) is 22.0 Å². The second-order valence-corrected chi connectivity index (χ2v) is 4.22. The van der Waals surface area contributed by atoms with E-state index < -0.39 is 11.9 Å². The second-order valence-electron chi connectivity index (χ2n) is 3.30. The van der Waals surface area contributed by atoms with Gasteiger partial charge in [-0.05, 0) is 24.1 Å². The first-order valence-corrected chi connectivity index (χ1v) is 5.10. The summed E-state index contributed by atoms with van der Waals surface area (Å²) in [5, 5.41) is 8.83. The van der Waals surface area contributed by atoms with E-state index in [2.05, 4.69) is 15.9 Å². The molecule has 74 valence electrons. The molecule has 0 spiro atoms. The molecule has 4 heteroatoms. The molecule has 14 heavy (non-hydrogen) atoms. The molecule has 1 aliphatic heterocycles. The number of fused-ring (bicyclic) bond motifs is 1. The van der Waals surface area contributed by atoms with E-state index in [9.17, 15) is 4.79 Å². The average molecular weight is 257 g/mol. The highest BCUT2D eigenvalue weighted by Gasteiger charge is 2.25. The summed E-state index contributed by atoms with van der Waals surface area (Å²) >= 11 is 3.34. The third kappa shape index (κ3) is 1.75. The van der Waals surface area contributed by atoms with Crippen LogP contribution in [0.25, 0.3) is 0 Å². The van der Waals surface area contributed by atoms with E-state index in [4.69, 9.17) is 9.84 Å². The summed E-state index contributed by atoms with van der Waals surface area (Å²) in [7, 11) is 0. The van der Waals surface area contributed by atoms with Gasteiger partial charge < -0.3 is 9.84 Å². The van der Waals surface area contributed by atoms with Gasteiger partial charge >= 0.3 is 5.97 Å². The van der Waals surface area contributed by atoms with Crippen LogP contribution in [0.2, 0.25) is 0 Å². The minimum Gasteiger partial charge on any atom is -0.492 e. The van der Waals surface area contributed by atoms with Crippen LogP contribution in [-0.2, 0) is 11.2 Å². The molecular formula is C10H9BrO3. The third-order valence-electron chi connectivity index (χ3n) is 2.28. The lowest BCUT2D eigenvalue weighted by atomic mass is 9.97. The van der Waals surface area contributed by atoms with Gasteiger partial charge in [-0.15, -0.1) is 0 Å². The van der Waals surface area contributed by atoms with Gasteiger partial charge in [0.1, 0.15) is 12.4 Å². The van der Waals surface area contributed by atoms with Crippen LogP contribution in [0.5, 0.6) is 5.75 Å². The molecule has 1 aromatic carbocycles. The highest BCUT2D eigenvalue weighted by molar-refractivity contribution is 9.10. The summed E-state index contributed by atoms with van der Waals surface area (Å²) < 4.78 is 6.32. The van der Waals surface area contributed by atoms with Crippen LogP contribution < -0.4 is 4.74 Å². The van der Waals surface area contributed by atoms with E-state index >= 15 is 0 Å². The van der Waals surface area contributed by atoms with Crippen molar-refractivity contribution in [2.75, 3.05) is 6.61 Å². The van der Waals surface area contributed by atoms with E-state index in [1.54, 1.807) is 0 Å². The molecule has 1 atom stereocenters. The van der Waals surface area contributed by atoms with Crippen molar-refractivity contribution in [3.8, 4) is 5.75 Å². The molecular weight excluding hydrogens is 248 g/mol. The summed E-state index contributed by atoms with van der Waals surface area (Å²) in [4.78, 5) is 10.7. The Morgan fingerprint density at radius 2 is 2.36 bits per heavy atom. The Balaban J connectivity index is 2.27. The first-order chi connectivity index (χ1) is 6.66. The highest BCUT2D eigenvalue weighted by Crippen LogP contribution is 2.30. The second kappa shape index (κ2) is 3.61. The number of carboxylic acids is 1. The summed E-state index contributed by atoms with van der Waals surface area (Å²) in [5.41, 5.74) is 0.965. The molecule has 0 bridgehead atoms. The molecule has 0 amide bonds. The number of halogens is 1. The molecule has 1 aliphatic rings. The average Bonchev–Trinajstić information content (AvgIpc) is 2.16. The van der Waals surface area contributed by atoms with Gasteiger partial charge in [0.05, 0.1) is 5.92 Å². The molecule has 3 nitrogen and oxygen atoms in total. The lowest BCUT2D eigenvalue weighted by Crippen LogP contribution is -2.27. The fraction of sp³-hybridized carbons (Fsp3) is 0.300. The first-order valence-electron chi connectivity index (χ1n) is 4.31. The fourth-order valence-electron chi connectivity index (χ4n) is 1.50. The van der Waals surface area contributed by atoms with Crippen molar-refractivity contribution in [3.05, 3.63) is 28.2 Å². The van der Waals surface area contributed by atoms with Crippen molar-refractivity contribution in [2.24, 2.45) is 5.92 Å². The van der Waals surface area contributed by atoms with Crippen LogP contribution in [0.3, 0.4) is 0 Å². The molecule has 0 aromatic heterocycles. The zero-order valence-corrected chi connectivity index (χ0v) is 8.95. The Bertz CT molecular complexity index is 376. The molecule has 2 rings (SSSR count). The SMILES string of the molecule is O=C(O)[C@H]1COc2cc(Br)ccc2C1. The van der Waals surface area contributed by atoms with Crippen molar-refractivity contribution in [1.82, 2.24) is 0 Å². The van der Waals surface area contributed by atoms with Crippen molar-refractivity contribution < 1.29 is 14.6 Å². The van der Waals surface area contributed by atoms with Crippen molar-refractivity contribution in [1.29, 1.82) is 0 Å². The summed E-state index contributed by atoms with van der Waals surface area (Å²) in [6.07, 6.45) is 0.554. The van der Waals surface area contributed by atoms with Gasteiger partial charge in [-0.3, -0.25) is 4.79 Å². The Morgan fingerprint density at radius 1 is 1.57 bits per heavy atom. The highest BCUT2D eigenvalue weighted by atomic mass is 79.9. The third-order valence-corrected chi connectivity index (χ3v) is 2.78. The summed E-state index contributed by atoms with van der Waals surface area (Å²) in [6, 6.07) is 5.66. The normalized spacial score (nSPS) is 19.6. The topological polar surface area (TPSA) is 46.5 Å². The van der Waals surface area contributed by atoms with Gasteiger partial charge in [0, 0.05) is 4.47 Å². The number of aliphatic carboxylic acids is 1. The largest absolute Gasteiger partial charge is 0.492 e. The number of hydrogen-bond acceptors (Lipinski definition) is 2. The maximum atomic E-state index is 10.7. The zero-order chi connectivity index (χ0) is 10.1. The van der Waals surface area contributed by atoms with E-state index in [0.29, 0.717) is 6.42 Å². The van der Waals surface area contributed by atoms with Gasteiger partial charge in [0.2, 0.25) is 0 Å². The monoisotopic (exact) mass is 256 g/mol. The van der Waals surface area contributed by atoms with E-state index in [-0.39, 0.29) is 6.61 Å². The maximum absolute atomic E-state index is 10.7. The first kappa shape index (κ1) is 9.52. The molecule has 0 aliphatic carbocycles. The van der Waals surface area contributed by atoms with Crippen molar-refractivity contribution >= 4 is 21.9 Å². The Hall–Kier alpha value is -1.03. The van der Waals surface area contributed by atoms with Crippen LogP contribution >= 0.6 is 15.9 Å². The molecule has 0 saturated carbocycles. The predicted molar refractivity (Wildman–Crippen MR) is 54.5 cm³/mol.